The van der Waals surface area contributed by atoms with Gasteiger partial charge in [-0.25, -0.2) is 0 Å². The molecule has 2 rings (SSSR count). The second-order valence-corrected chi connectivity index (χ2v) is 5.27. The Morgan fingerprint density at radius 1 is 1.14 bits per heavy atom. The van der Waals surface area contributed by atoms with Crippen molar-refractivity contribution in [1.29, 1.82) is 0 Å². The molecule has 0 fully saturated rings. The first-order valence-corrected chi connectivity index (χ1v) is 7.36. The van der Waals surface area contributed by atoms with Crippen molar-refractivity contribution in [1.82, 2.24) is 5.32 Å². The highest BCUT2D eigenvalue weighted by molar-refractivity contribution is 6.32. The molecule has 0 saturated heterocycles. The smallest absolute Gasteiger partial charge is 0.137 e. The van der Waals surface area contributed by atoms with Gasteiger partial charge < -0.3 is 19.9 Å². The second kappa shape index (κ2) is 8.03. The number of aliphatic hydroxyl groups is 1. The number of ether oxygens (including phenoxy) is 2. The van der Waals surface area contributed by atoms with Crippen LogP contribution in [0.5, 0.6) is 11.5 Å². The van der Waals surface area contributed by atoms with Gasteiger partial charge >= 0.3 is 0 Å². The molecule has 22 heavy (non-hydrogen) atoms. The van der Waals surface area contributed by atoms with E-state index in [0.717, 1.165) is 16.9 Å². The third-order valence-electron chi connectivity index (χ3n) is 3.45. The number of rotatable bonds is 7. The van der Waals surface area contributed by atoms with Crippen molar-refractivity contribution in [2.75, 3.05) is 20.8 Å². The monoisotopic (exact) mass is 321 g/mol. The van der Waals surface area contributed by atoms with Crippen LogP contribution in [-0.4, -0.2) is 25.9 Å². The molecule has 1 atom stereocenters. The molecule has 118 valence electrons. The molecule has 0 bridgehead atoms. The zero-order chi connectivity index (χ0) is 15.9. The number of halogens is 1. The average molecular weight is 322 g/mol. The minimum Gasteiger partial charge on any atom is -0.497 e. The molecule has 0 spiro atoms. The van der Waals surface area contributed by atoms with E-state index in [4.69, 9.17) is 21.1 Å². The Kier molecular flexibility index (Phi) is 6.07. The summed E-state index contributed by atoms with van der Waals surface area (Å²) in [4.78, 5) is 0. The number of benzene rings is 2. The Labute approximate surface area is 135 Å². The van der Waals surface area contributed by atoms with Crippen LogP contribution in [0.25, 0.3) is 0 Å². The first-order chi connectivity index (χ1) is 10.7. The van der Waals surface area contributed by atoms with Gasteiger partial charge in [-0.05, 0) is 35.4 Å². The predicted octanol–water partition coefficient (Wildman–Crippen LogP) is 3.18. The summed E-state index contributed by atoms with van der Waals surface area (Å²) in [5.41, 5.74) is 1.99. The Morgan fingerprint density at radius 2 is 1.95 bits per heavy atom. The number of hydrogen-bond acceptors (Lipinski definition) is 4. The van der Waals surface area contributed by atoms with Gasteiger partial charge in [0.25, 0.3) is 0 Å². The molecule has 2 N–H and O–H groups in total. The van der Waals surface area contributed by atoms with Crippen molar-refractivity contribution in [2.45, 2.75) is 12.6 Å². The molecule has 0 saturated carbocycles. The lowest BCUT2D eigenvalue weighted by molar-refractivity contribution is 0.243. The second-order valence-electron chi connectivity index (χ2n) is 4.86. The quantitative estimate of drug-likeness (QED) is 0.822. The van der Waals surface area contributed by atoms with Crippen molar-refractivity contribution >= 4 is 11.6 Å². The lowest BCUT2D eigenvalue weighted by Crippen LogP contribution is -2.24. The van der Waals surface area contributed by atoms with Gasteiger partial charge in [-0.2, -0.15) is 0 Å². The van der Waals surface area contributed by atoms with Gasteiger partial charge in [0.05, 0.1) is 31.9 Å². The van der Waals surface area contributed by atoms with Crippen LogP contribution >= 0.6 is 11.6 Å². The summed E-state index contributed by atoms with van der Waals surface area (Å²) in [6.45, 7) is 0.587. The molecular formula is C17H20ClNO3. The van der Waals surface area contributed by atoms with Crippen LogP contribution in [-0.2, 0) is 6.54 Å². The largest absolute Gasteiger partial charge is 0.497 e. The maximum absolute atomic E-state index is 9.61. The standard InChI is InChI=1S/C17H20ClNO3/c1-21-14-5-3-4-13(9-14)16(11-20)19-10-12-6-7-17(22-2)15(18)8-12/h3-9,16,19-20H,10-11H2,1-2H3. The number of nitrogens with one attached hydrogen (secondary N) is 1. The summed E-state index contributed by atoms with van der Waals surface area (Å²) in [6, 6.07) is 13.1. The molecule has 2 aromatic rings. The van der Waals surface area contributed by atoms with Gasteiger partial charge in [0.1, 0.15) is 11.5 Å². The molecule has 4 nitrogen and oxygen atoms in total. The van der Waals surface area contributed by atoms with Gasteiger partial charge in [-0.3, -0.25) is 0 Å². The van der Waals surface area contributed by atoms with E-state index < -0.39 is 0 Å². The number of aliphatic hydroxyl groups excluding tert-OH is 1. The highest BCUT2D eigenvalue weighted by Crippen LogP contribution is 2.25. The van der Waals surface area contributed by atoms with E-state index in [1.807, 2.05) is 42.5 Å². The Bertz CT molecular complexity index is 619. The fourth-order valence-corrected chi connectivity index (χ4v) is 2.49. The highest BCUT2D eigenvalue weighted by atomic mass is 35.5. The lowest BCUT2D eigenvalue weighted by Gasteiger charge is -2.18. The number of methoxy groups -OCH3 is 2. The molecule has 0 aliphatic carbocycles. The van der Waals surface area contributed by atoms with E-state index in [9.17, 15) is 5.11 Å². The maximum Gasteiger partial charge on any atom is 0.137 e. The number of hydrogen-bond donors (Lipinski definition) is 2. The van der Waals surface area contributed by atoms with Crippen molar-refractivity contribution in [2.24, 2.45) is 0 Å². The third-order valence-corrected chi connectivity index (χ3v) is 3.74. The molecule has 0 aliphatic heterocycles. The van der Waals surface area contributed by atoms with Crippen molar-refractivity contribution < 1.29 is 14.6 Å². The van der Waals surface area contributed by atoms with Crippen LogP contribution in [0.15, 0.2) is 42.5 Å². The fourth-order valence-electron chi connectivity index (χ4n) is 2.21. The van der Waals surface area contributed by atoms with E-state index in [1.165, 1.54) is 0 Å². The summed E-state index contributed by atoms with van der Waals surface area (Å²) in [5, 5.41) is 13.5. The molecule has 0 aromatic heterocycles. The van der Waals surface area contributed by atoms with Crippen LogP contribution in [0.3, 0.4) is 0 Å². The topological polar surface area (TPSA) is 50.7 Å². The summed E-state index contributed by atoms with van der Waals surface area (Å²) < 4.78 is 10.3. The van der Waals surface area contributed by atoms with Gasteiger partial charge in [-0.1, -0.05) is 29.8 Å². The maximum atomic E-state index is 9.61. The van der Waals surface area contributed by atoms with Crippen molar-refractivity contribution in [3.63, 3.8) is 0 Å². The van der Waals surface area contributed by atoms with Gasteiger partial charge in [0.2, 0.25) is 0 Å². The Morgan fingerprint density at radius 3 is 2.59 bits per heavy atom. The molecule has 0 radical (unpaired) electrons. The minimum atomic E-state index is -0.170. The zero-order valence-corrected chi connectivity index (χ0v) is 13.4. The summed E-state index contributed by atoms with van der Waals surface area (Å²) in [5.74, 6) is 1.42. The van der Waals surface area contributed by atoms with Gasteiger partial charge in [0, 0.05) is 6.54 Å². The van der Waals surface area contributed by atoms with Gasteiger partial charge in [0.15, 0.2) is 0 Å². The fraction of sp³-hybridized carbons (Fsp3) is 0.294. The molecule has 5 heteroatoms. The van der Waals surface area contributed by atoms with E-state index in [2.05, 4.69) is 5.32 Å². The zero-order valence-electron chi connectivity index (χ0n) is 12.7. The molecule has 2 aromatic carbocycles. The molecule has 1 unspecified atom stereocenters. The van der Waals surface area contributed by atoms with E-state index in [1.54, 1.807) is 14.2 Å². The van der Waals surface area contributed by atoms with Crippen LogP contribution in [0.2, 0.25) is 5.02 Å². The summed E-state index contributed by atoms with van der Waals surface area (Å²) >= 11 is 6.12. The van der Waals surface area contributed by atoms with E-state index in [-0.39, 0.29) is 12.6 Å². The van der Waals surface area contributed by atoms with Crippen LogP contribution in [0.1, 0.15) is 17.2 Å². The highest BCUT2D eigenvalue weighted by Gasteiger charge is 2.11. The van der Waals surface area contributed by atoms with Crippen LogP contribution in [0, 0.1) is 0 Å². The Hall–Kier alpha value is -1.75. The average Bonchev–Trinajstić information content (AvgIpc) is 2.56. The van der Waals surface area contributed by atoms with Gasteiger partial charge in [-0.15, -0.1) is 0 Å². The predicted molar refractivity (Wildman–Crippen MR) is 87.7 cm³/mol. The SMILES string of the molecule is COc1cccc(C(CO)NCc2ccc(OC)c(Cl)c2)c1. The first kappa shape index (κ1) is 16.6. The lowest BCUT2D eigenvalue weighted by atomic mass is 10.1. The molecule has 0 heterocycles. The van der Waals surface area contributed by atoms with E-state index >= 15 is 0 Å². The van der Waals surface area contributed by atoms with Crippen molar-refractivity contribution in [3.8, 4) is 11.5 Å². The third kappa shape index (κ3) is 4.13. The normalized spacial score (nSPS) is 12.0. The van der Waals surface area contributed by atoms with Crippen LogP contribution in [0.4, 0.5) is 0 Å². The van der Waals surface area contributed by atoms with Crippen molar-refractivity contribution in [3.05, 3.63) is 58.6 Å². The molecular weight excluding hydrogens is 302 g/mol. The van der Waals surface area contributed by atoms with E-state index in [0.29, 0.717) is 17.3 Å². The van der Waals surface area contributed by atoms with Crippen LogP contribution < -0.4 is 14.8 Å². The molecule has 0 amide bonds. The summed E-state index contributed by atoms with van der Waals surface area (Å²) in [6.07, 6.45) is 0. The minimum absolute atomic E-state index is 0.00292. The first-order valence-electron chi connectivity index (χ1n) is 6.98. The summed E-state index contributed by atoms with van der Waals surface area (Å²) in [7, 11) is 3.21. The molecule has 0 aliphatic rings. The Balaban J connectivity index is 2.05.